The summed E-state index contributed by atoms with van der Waals surface area (Å²) in [6.07, 6.45) is 105. The topological polar surface area (TPSA) is 78.9 Å². The summed E-state index contributed by atoms with van der Waals surface area (Å²) in [5.41, 5.74) is 0. The maximum atomic E-state index is 12.9. The van der Waals surface area contributed by atoms with Crippen molar-refractivity contribution >= 4 is 17.9 Å². The van der Waals surface area contributed by atoms with Crippen molar-refractivity contribution < 1.29 is 28.6 Å². The molecule has 6 nitrogen and oxygen atoms in total. The summed E-state index contributed by atoms with van der Waals surface area (Å²) < 4.78 is 16.8. The first-order valence-electron chi connectivity index (χ1n) is 32.9. The molecule has 0 aliphatic rings. The molecule has 83 heavy (non-hydrogen) atoms. The Morgan fingerprint density at radius 2 is 0.458 bits per heavy atom. The van der Waals surface area contributed by atoms with Crippen LogP contribution in [0.1, 0.15) is 252 Å². The molecule has 0 spiro atoms. The average Bonchev–Trinajstić information content (AvgIpc) is 3.50. The van der Waals surface area contributed by atoms with Gasteiger partial charge in [0.1, 0.15) is 13.2 Å². The SMILES string of the molecule is CC/C=C\C/C=C\C/C=C\C/C=C\C/C=C\C/C=C\CCC(=O)OCC(COC(=O)CCCCCCCCCCCCCCCC/C=C\C/C=C\C/C=C\C/C=C\CC)OC(=O)CC/C=C\C/C=C\C/C=C\C/C=C\C/C=C\C/C=C\CC. The summed E-state index contributed by atoms with van der Waals surface area (Å²) in [4.78, 5) is 38.3. The third kappa shape index (κ3) is 66.9. The molecule has 0 bridgehead atoms. The Balaban J connectivity index is 4.54. The number of unbranched alkanes of at least 4 members (excludes halogenated alkanes) is 14. The minimum atomic E-state index is -0.862. The maximum absolute atomic E-state index is 12.9. The minimum Gasteiger partial charge on any atom is -0.462 e. The molecule has 0 heterocycles. The van der Waals surface area contributed by atoms with Gasteiger partial charge in [0.2, 0.25) is 0 Å². The molecule has 6 heteroatoms. The van der Waals surface area contributed by atoms with E-state index in [1.54, 1.807) is 0 Å². The van der Waals surface area contributed by atoms with Crippen LogP contribution in [0.2, 0.25) is 0 Å². The first-order valence-corrected chi connectivity index (χ1v) is 32.9. The highest BCUT2D eigenvalue weighted by Gasteiger charge is 2.19. The average molecular weight is 1140 g/mol. The third-order valence-electron chi connectivity index (χ3n) is 13.1. The van der Waals surface area contributed by atoms with Crippen molar-refractivity contribution in [1.29, 1.82) is 0 Å². The second kappa shape index (κ2) is 68.7. The highest BCUT2D eigenvalue weighted by Crippen LogP contribution is 2.15. The zero-order valence-electron chi connectivity index (χ0n) is 52.9. The van der Waals surface area contributed by atoms with E-state index in [1.165, 1.54) is 77.0 Å². The van der Waals surface area contributed by atoms with Gasteiger partial charge in [-0.05, 0) is 135 Å². The van der Waals surface area contributed by atoms with Crippen molar-refractivity contribution in [2.45, 2.75) is 258 Å². The van der Waals surface area contributed by atoms with E-state index < -0.39 is 12.1 Å². The lowest BCUT2D eigenvalue weighted by molar-refractivity contribution is -0.166. The fourth-order valence-corrected chi connectivity index (χ4v) is 8.31. The number of ether oxygens (including phenoxy) is 3. The fraction of sp³-hybridized carbons (Fsp3) is 0.545. The molecule has 0 fully saturated rings. The number of carbonyl (C=O) groups excluding carboxylic acids is 3. The fourth-order valence-electron chi connectivity index (χ4n) is 8.31. The molecule has 0 amide bonds. The van der Waals surface area contributed by atoms with Crippen LogP contribution >= 0.6 is 0 Å². The smallest absolute Gasteiger partial charge is 0.306 e. The van der Waals surface area contributed by atoms with Crippen LogP contribution in [-0.2, 0) is 28.6 Å². The molecular weight excluding hydrogens is 1020 g/mol. The van der Waals surface area contributed by atoms with Crippen LogP contribution in [-0.4, -0.2) is 37.2 Å². The second-order valence-corrected chi connectivity index (χ2v) is 20.9. The monoisotopic (exact) mass is 1140 g/mol. The van der Waals surface area contributed by atoms with E-state index in [1.807, 2.05) is 24.3 Å². The first kappa shape index (κ1) is 77.2. The van der Waals surface area contributed by atoms with Gasteiger partial charge in [-0.2, -0.15) is 0 Å². The Morgan fingerprint density at radius 3 is 0.747 bits per heavy atom. The highest BCUT2D eigenvalue weighted by atomic mass is 16.6. The number of allylic oxidation sites excluding steroid dienone is 32. The Labute approximate surface area is 509 Å². The first-order chi connectivity index (χ1) is 41.0. The van der Waals surface area contributed by atoms with E-state index in [9.17, 15) is 14.4 Å². The molecule has 0 saturated carbocycles. The Morgan fingerprint density at radius 1 is 0.241 bits per heavy atom. The zero-order chi connectivity index (χ0) is 59.9. The minimum absolute atomic E-state index is 0.141. The molecule has 1 atom stereocenters. The van der Waals surface area contributed by atoms with Crippen LogP contribution in [0, 0.1) is 0 Å². The molecule has 0 saturated heterocycles. The lowest BCUT2D eigenvalue weighted by Gasteiger charge is -2.18. The third-order valence-corrected chi connectivity index (χ3v) is 13.1. The summed E-state index contributed by atoms with van der Waals surface area (Å²) >= 11 is 0. The Kier molecular flexibility index (Phi) is 64.0. The van der Waals surface area contributed by atoms with Gasteiger partial charge >= 0.3 is 17.9 Å². The van der Waals surface area contributed by atoms with Gasteiger partial charge in [-0.3, -0.25) is 14.4 Å². The lowest BCUT2D eigenvalue weighted by atomic mass is 10.0. The van der Waals surface area contributed by atoms with Gasteiger partial charge in [0.05, 0.1) is 0 Å². The quantitative estimate of drug-likeness (QED) is 0.0261. The standard InChI is InChI=1S/C77H118O6/c1-4-7-10-13-16-19-22-25-28-31-34-35-36-37-38-39-40-41-44-46-49-52-55-58-61-64-67-70-76(79)82-73-74(83-77(80)71-68-65-62-59-56-53-50-47-43-33-30-27-24-21-18-15-12-9-6-3)72-81-75(78)69-66-63-60-57-54-51-48-45-42-32-29-26-23-20-17-14-11-8-5-2/h7-12,16-21,25-30,34-35,42-43,45,47,51,53-54,56,60,62-63,65,74H,4-6,13-15,22-24,31-33,36-41,44,46,48-50,52,55,57-59,61,64,66-73H2,1-3H3/b10-7-,11-8-,12-9-,19-16-,20-17-,21-18-,28-25-,29-26-,30-27-,35-34-,45-42-,47-43-,54-51-,56-53-,63-60-,65-62-. The Bertz CT molecular complexity index is 1990. The molecule has 0 N–H and O–H groups in total. The largest absolute Gasteiger partial charge is 0.462 e. The van der Waals surface area contributed by atoms with Crippen LogP contribution in [0.5, 0.6) is 0 Å². The van der Waals surface area contributed by atoms with E-state index >= 15 is 0 Å². The van der Waals surface area contributed by atoms with Crippen LogP contribution in [0.3, 0.4) is 0 Å². The molecule has 0 rings (SSSR count). The zero-order valence-corrected chi connectivity index (χ0v) is 52.9. The van der Waals surface area contributed by atoms with Crippen molar-refractivity contribution in [3.05, 3.63) is 194 Å². The molecule has 0 aromatic carbocycles. The van der Waals surface area contributed by atoms with Gasteiger partial charge in [0.15, 0.2) is 6.10 Å². The maximum Gasteiger partial charge on any atom is 0.306 e. The van der Waals surface area contributed by atoms with Crippen LogP contribution < -0.4 is 0 Å². The van der Waals surface area contributed by atoms with Crippen LogP contribution in [0.25, 0.3) is 0 Å². The normalized spacial score (nSPS) is 13.4. The number of hydrogen-bond acceptors (Lipinski definition) is 6. The summed E-state index contributed by atoms with van der Waals surface area (Å²) in [6, 6.07) is 0. The van der Waals surface area contributed by atoms with Crippen LogP contribution in [0.15, 0.2) is 194 Å². The summed E-state index contributed by atoms with van der Waals surface area (Å²) in [5.74, 6) is -1.12. The summed E-state index contributed by atoms with van der Waals surface area (Å²) in [7, 11) is 0. The van der Waals surface area contributed by atoms with E-state index in [2.05, 4.69) is 191 Å². The molecule has 1 unspecified atom stereocenters. The van der Waals surface area contributed by atoms with E-state index in [4.69, 9.17) is 14.2 Å². The number of rotatable bonds is 57. The van der Waals surface area contributed by atoms with Gasteiger partial charge in [-0.1, -0.05) is 292 Å². The van der Waals surface area contributed by atoms with Crippen molar-refractivity contribution in [2.24, 2.45) is 0 Å². The molecular formula is C77H118O6. The van der Waals surface area contributed by atoms with Crippen molar-refractivity contribution in [1.82, 2.24) is 0 Å². The van der Waals surface area contributed by atoms with Gasteiger partial charge < -0.3 is 14.2 Å². The molecule has 0 aliphatic carbocycles. The molecule has 0 aromatic rings. The second-order valence-electron chi connectivity index (χ2n) is 20.9. The summed E-state index contributed by atoms with van der Waals surface area (Å²) in [6.45, 7) is 6.17. The summed E-state index contributed by atoms with van der Waals surface area (Å²) in [5, 5.41) is 0. The van der Waals surface area contributed by atoms with Crippen molar-refractivity contribution in [2.75, 3.05) is 13.2 Å². The molecule has 0 aliphatic heterocycles. The van der Waals surface area contributed by atoms with E-state index in [-0.39, 0.29) is 38.0 Å². The van der Waals surface area contributed by atoms with E-state index in [0.717, 1.165) is 122 Å². The van der Waals surface area contributed by atoms with Crippen molar-refractivity contribution in [3.63, 3.8) is 0 Å². The van der Waals surface area contributed by atoms with Gasteiger partial charge in [0, 0.05) is 19.3 Å². The predicted molar refractivity (Wildman–Crippen MR) is 361 cm³/mol. The van der Waals surface area contributed by atoms with Gasteiger partial charge in [-0.15, -0.1) is 0 Å². The molecule has 462 valence electrons. The van der Waals surface area contributed by atoms with Gasteiger partial charge in [-0.25, -0.2) is 0 Å². The predicted octanol–water partition coefficient (Wildman–Crippen LogP) is 23.0. The molecule has 0 radical (unpaired) electrons. The van der Waals surface area contributed by atoms with Gasteiger partial charge in [0.25, 0.3) is 0 Å². The van der Waals surface area contributed by atoms with Crippen molar-refractivity contribution in [3.8, 4) is 0 Å². The lowest BCUT2D eigenvalue weighted by Crippen LogP contribution is -2.30. The van der Waals surface area contributed by atoms with Crippen LogP contribution in [0.4, 0.5) is 0 Å². The number of carbonyl (C=O) groups is 3. The van der Waals surface area contributed by atoms with E-state index in [0.29, 0.717) is 19.3 Å². The molecule has 0 aromatic heterocycles. The highest BCUT2D eigenvalue weighted by molar-refractivity contribution is 5.71. The number of esters is 3. The number of hydrogen-bond donors (Lipinski definition) is 0. The Hall–Kier alpha value is -5.75.